The first-order valence-electron chi connectivity index (χ1n) is 10.2. The fourth-order valence-corrected chi connectivity index (χ4v) is 3.66. The Morgan fingerprint density at radius 2 is 1.88 bits per heavy atom. The molecule has 4 rings (SSSR count). The van der Waals surface area contributed by atoms with Crippen LogP contribution in [0.3, 0.4) is 0 Å². The van der Waals surface area contributed by atoms with E-state index in [2.05, 4.69) is 4.98 Å². The zero-order chi connectivity index (χ0) is 22.8. The molecule has 0 saturated heterocycles. The number of aliphatic hydroxyl groups is 1. The molecule has 168 valence electrons. The number of allylic oxidation sites excluding steroid dienone is 4. The van der Waals surface area contributed by atoms with Gasteiger partial charge in [-0.25, -0.2) is 13.6 Å². The lowest BCUT2D eigenvalue weighted by Crippen LogP contribution is -2.39. The fourth-order valence-electron chi connectivity index (χ4n) is 3.66. The topological polar surface area (TPSA) is 91.3 Å². The van der Waals surface area contributed by atoms with E-state index in [9.17, 15) is 18.4 Å². The average molecular weight is 444 g/mol. The van der Waals surface area contributed by atoms with Crippen molar-refractivity contribution >= 4 is 11.2 Å². The highest BCUT2D eigenvalue weighted by Gasteiger charge is 2.22. The Labute approximate surface area is 181 Å². The lowest BCUT2D eigenvalue weighted by Gasteiger charge is -2.13. The molecule has 32 heavy (non-hydrogen) atoms. The Bertz CT molecular complexity index is 1330. The minimum Gasteiger partial charge on any atom is -0.425 e. The minimum atomic E-state index is -0.820. The van der Waals surface area contributed by atoms with Crippen LogP contribution in [-0.2, 0) is 20.1 Å². The highest BCUT2D eigenvalue weighted by atomic mass is 19.1. The molecule has 0 saturated carbocycles. The number of nitrogens with zero attached hydrogens (tertiary/aromatic N) is 4. The second-order valence-electron chi connectivity index (χ2n) is 7.49. The zero-order valence-corrected chi connectivity index (χ0v) is 17.4. The third kappa shape index (κ3) is 4.13. The van der Waals surface area contributed by atoms with Crippen LogP contribution in [0.5, 0.6) is 11.8 Å². The molecule has 2 aromatic heterocycles. The van der Waals surface area contributed by atoms with Crippen LogP contribution in [0.2, 0.25) is 0 Å². The number of aromatic nitrogens is 4. The van der Waals surface area contributed by atoms with Gasteiger partial charge in [-0.05, 0) is 24.8 Å². The van der Waals surface area contributed by atoms with Crippen molar-refractivity contribution in [2.75, 3.05) is 6.61 Å². The van der Waals surface area contributed by atoms with Gasteiger partial charge in [0.1, 0.15) is 17.4 Å². The molecule has 0 radical (unpaired) electrons. The van der Waals surface area contributed by atoms with Crippen LogP contribution in [0.4, 0.5) is 8.78 Å². The van der Waals surface area contributed by atoms with Crippen molar-refractivity contribution in [3.8, 4) is 11.8 Å². The second kappa shape index (κ2) is 8.91. The summed E-state index contributed by atoms with van der Waals surface area (Å²) in [6.45, 7) is 0.0780. The van der Waals surface area contributed by atoms with Gasteiger partial charge in [0, 0.05) is 38.4 Å². The highest BCUT2D eigenvalue weighted by molar-refractivity contribution is 5.72. The van der Waals surface area contributed by atoms with E-state index in [1.807, 2.05) is 18.2 Å². The Morgan fingerprint density at radius 3 is 2.53 bits per heavy atom. The summed E-state index contributed by atoms with van der Waals surface area (Å²) in [5.41, 5.74) is -0.0456. The molecule has 0 atom stereocenters. The fraction of sp³-hybridized carbons (Fsp3) is 0.318. The molecular formula is C22H22F2N4O4. The third-order valence-electron chi connectivity index (χ3n) is 5.19. The van der Waals surface area contributed by atoms with Gasteiger partial charge < -0.3 is 9.84 Å². The van der Waals surface area contributed by atoms with Crippen molar-refractivity contribution in [3.63, 3.8) is 0 Å². The van der Waals surface area contributed by atoms with Gasteiger partial charge in [-0.1, -0.05) is 18.2 Å². The van der Waals surface area contributed by atoms with Crippen molar-refractivity contribution in [2.24, 2.45) is 7.05 Å². The number of hydrogen-bond donors (Lipinski definition) is 1. The summed E-state index contributed by atoms with van der Waals surface area (Å²) in [4.78, 5) is 30.3. The van der Waals surface area contributed by atoms with Gasteiger partial charge in [0.15, 0.2) is 11.2 Å². The smallest absolute Gasteiger partial charge is 0.332 e. The van der Waals surface area contributed by atoms with Crippen LogP contribution >= 0.6 is 0 Å². The number of ether oxygens (including phenoxy) is 1. The number of aryl methyl sites for hydroxylation is 1. The predicted molar refractivity (Wildman–Crippen MR) is 114 cm³/mol. The SMILES string of the molecule is Cn1c(=O)n(CCCO)c(=O)c2c1nc(Oc1cc(F)cc(F)c1)n2CC1=CCCC=C1. The number of hydrogen-bond acceptors (Lipinski definition) is 5. The quantitative estimate of drug-likeness (QED) is 0.605. The van der Waals surface area contributed by atoms with Crippen molar-refractivity contribution in [1.29, 1.82) is 0 Å². The van der Waals surface area contributed by atoms with Gasteiger partial charge in [-0.15, -0.1) is 0 Å². The normalized spacial score (nSPS) is 13.6. The van der Waals surface area contributed by atoms with E-state index >= 15 is 0 Å². The van der Waals surface area contributed by atoms with Gasteiger partial charge in [-0.2, -0.15) is 4.98 Å². The number of fused-ring (bicyclic) bond motifs is 1. The molecule has 3 aromatic rings. The molecule has 2 heterocycles. The molecule has 0 amide bonds. The van der Waals surface area contributed by atoms with Gasteiger partial charge in [0.05, 0.1) is 6.54 Å². The molecule has 0 bridgehead atoms. The van der Waals surface area contributed by atoms with Gasteiger partial charge in [-0.3, -0.25) is 18.5 Å². The maximum absolute atomic E-state index is 13.7. The summed E-state index contributed by atoms with van der Waals surface area (Å²) >= 11 is 0. The van der Waals surface area contributed by atoms with Crippen LogP contribution < -0.4 is 16.0 Å². The standard InChI is InChI=1S/C22H22F2N4O4/c1-26-19-18(20(30)27(22(26)31)8-5-9-29)28(13-14-6-3-2-4-7-14)21(25-19)32-17-11-15(23)10-16(24)12-17/h3,6-7,10-12,29H,2,4-5,8-9,13H2,1H3. The summed E-state index contributed by atoms with van der Waals surface area (Å²) < 4.78 is 36.8. The lowest BCUT2D eigenvalue weighted by atomic mass is 10.1. The maximum atomic E-state index is 13.7. The molecule has 0 fully saturated rings. The molecular weight excluding hydrogens is 422 g/mol. The first-order chi connectivity index (χ1) is 15.4. The minimum absolute atomic E-state index is 0.0387. The van der Waals surface area contributed by atoms with Crippen molar-refractivity contribution in [2.45, 2.75) is 32.4 Å². The molecule has 8 nitrogen and oxygen atoms in total. The Balaban J connectivity index is 1.92. The first kappa shape index (κ1) is 21.7. The predicted octanol–water partition coefficient (Wildman–Crippen LogP) is 2.63. The van der Waals surface area contributed by atoms with Crippen LogP contribution in [0.15, 0.2) is 51.6 Å². The Hall–Kier alpha value is -3.53. The number of benzene rings is 1. The number of rotatable bonds is 7. The van der Waals surface area contributed by atoms with Crippen LogP contribution in [0.1, 0.15) is 19.3 Å². The summed E-state index contributed by atoms with van der Waals surface area (Å²) in [6.07, 6.45) is 7.92. The van der Waals surface area contributed by atoms with E-state index < -0.39 is 22.9 Å². The molecule has 1 aromatic carbocycles. The van der Waals surface area contributed by atoms with Gasteiger partial charge in [0.2, 0.25) is 0 Å². The van der Waals surface area contributed by atoms with Crippen molar-refractivity contribution in [3.05, 3.63) is 74.5 Å². The Morgan fingerprint density at radius 1 is 1.12 bits per heavy atom. The molecule has 1 aliphatic rings. The highest BCUT2D eigenvalue weighted by Crippen LogP contribution is 2.27. The summed E-state index contributed by atoms with van der Waals surface area (Å²) in [5, 5.41) is 9.14. The molecule has 0 spiro atoms. The molecule has 1 aliphatic carbocycles. The van der Waals surface area contributed by atoms with E-state index in [0.29, 0.717) is 0 Å². The molecule has 10 heteroatoms. The van der Waals surface area contributed by atoms with E-state index in [4.69, 9.17) is 9.84 Å². The number of halogens is 2. The first-order valence-corrected chi connectivity index (χ1v) is 10.2. The maximum Gasteiger partial charge on any atom is 0.332 e. The van der Waals surface area contributed by atoms with E-state index in [1.165, 1.54) is 16.2 Å². The largest absolute Gasteiger partial charge is 0.425 e. The zero-order valence-electron chi connectivity index (χ0n) is 17.4. The van der Waals surface area contributed by atoms with E-state index in [0.717, 1.165) is 41.2 Å². The molecule has 0 aliphatic heterocycles. The van der Waals surface area contributed by atoms with Gasteiger partial charge in [0.25, 0.3) is 5.56 Å². The van der Waals surface area contributed by atoms with Crippen LogP contribution in [0.25, 0.3) is 11.2 Å². The van der Waals surface area contributed by atoms with Crippen molar-refractivity contribution in [1.82, 2.24) is 18.7 Å². The molecule has 0 unspecified atom stereocenters. The molecule has 1 N–H and O–H groups in total. The second-order valence-corrected chi connectivity index (χ2v) is 7.49. The summed E-state index contributed by atoms with van der Waals surface area (Å²) in [6, 6.07) is 2.66. The van der Waals surface area contributed by atoms with Crippen LogP contribution in [-0.4, -0.2) is 30.4 Å². The Kier molecular flexibility index (Phi) is 6.04. The third-order valence-corrected chi connectivity index (χ3v) is 5.19. The number of aliphatic hydroxyl groups excluding tert-OH is 1. The van der Waals surface area contributed by atoms with E-state index in [1.54, 1.807) is 0 Å². The number of imidazole rings is 1. The van der Waals surface area contributed by atoms with E-state index in [-0.39, 0.29) is 49.0 Å². The van der Waals surface area contributed by atoms with Crippen molar-refractivity contribution < 1.29 is 18.6 Å². The summed E-state index contributed by atoms with van der Waals surface area (Å²) in [5.74, 6) is -1.77. The summed E-state index contributed by atoms with van der Waals surface area (Å²) in [7, 11) is 1.47. The average Bonchev–Trinajstić information content (AvgIpc) is 3.10. The van der Waals surface area contributed by atoms with Crippen LogP contribution in [0, 0.1) is 11.6 Å². The lowest BCUT2D eigenvalue weighted by molar-refractivity contribution is 0.277. The monoisotopic (exact) mass is 444 g/mol. The van der Waals surface area contributed by atoms with Gasteiger partial charge >= 0.3 is 11.7 Å².